The van der Waals surface area contributed by atoms with Crippen molar-refractivity contribution in [2.24, 2.45) is 5.41 Å². The number of carbonyl (C=O) groups is 1. The molecule has 124 valence electrons. The van der Waals surface area contributed by atoms with Crippen LogP contribution in [0.5, 0.6) is 0 Å². The Kier molecular flexibility index (Phi) is 5.87. The first-order valence-electron chi connectivity index (χ1n) is 8.14. The molecule has 2 heterocycles. The summed E-state index contributed by atoms with van der Waals surface area (Å²) in [5.41, 5.74) is -0.0601. The van der Waals surface area contributed by atoms with E-state index in [2.05, 4.69) is 24.4 Å². The summed E-state index contributed by atoms with van der Waals surface area (Å²) < 4.78 is 0. The molecular formula is C17H28N2O2S. The van der Waals surface area contributed by atoms with Crippen LogP contribution in [0.25, 0.3) is 0 Å². The maximum Gasteiger partial charge on any atom is 0.317 e. The molecule has 0 saturated carbocycles. The van der Waals surface area contributed by atoms with Gasteiger partial charge in [0.25, 0.3) is 0 Å². The summed E-state index contributed by atoms with van der Waals surface area (Å²) in [6.45, 7) is 7.91. The number of thiophene rings is 1. The highest BCUT2D eigenvalue weighted by molar-refractivity contribution is 7.12. The van der Waals surface area contributed by atoms with Crippen molar-refractivity contribution in [2.45, 2.75) is 52.5 Å². The SMILES string of the molecule is Cc1ccc(C2CCCN2C(=O)NCCCC(C)(C)CO)s1. The molecule has 5 heteroatoms. The molecule has 2 rings (SSSR count). The van der Waals surface area contributed by atoms with E-state index in [1.54, 1.807) is 11.3 Å². The third-order valence-corrected chi connectivity index (χ3v) is 5.44. The lowest BCUT2D eigenvalue weighted by Crippen LogP contribution is -2.39. The molecule has 1 aromatic rings. The topological polar surface area (TPSA) is 52.6 Å². The molecule has 1 aromatic heterocycles. The van der Waals surface area contributed by atoms with Gasteiger partial charge in [-0.25, -0.2) is 4.79 Å². The van der Waals surface area contributed by atoms with Gasteiger partial charge in [-0.1, -0.05) is 13.8 Å². The Morgan fingerprint density at radius 2 is 2.27 bits per heavy atom. The minimum Gasteiger partial charge on any atom is -0.396 e. The molecule has 1 aliphatic heterocycles. The van der Waals surface area contributed by atoms with E-state index in [1.165, 1.54) is 9.75 Å². The Hall–Kier alpha value is -1.07. The van der Waals surface area contributed by atoms with Gasteiger partial charge in [-0.3, -0.25) is 0 Å². The third-order valence-electron chi connectivity index (χ3n) is 4.34. The highest BCUT2D eigenvalue weighted by Crippen LogP contribution is 2.35. The van der Waals surface area contributed by atoms with Crippen LogP contribution in [0.2, 0.25) is 0 Å². The van der Waals surface area contributed by atoms with Crippen molar-refractivity contribution in [3.63, 3.8) is 0 Å². The molecule has 2 N–H and O–H groups in total. The molecule has 0 spiro atoms. The van der Waals surface area contributed by atoms with Gasteiger partial charge < -0.3 is 15.3 Å². The summed E-state index contributed by atoms with van der Waals surface area (Å²) in [7, 11) is 0. The van der Waals surface area contributed by atoms with Gasteiger partial charge in [-0.05, 0) is 50.2 Å². The van der Waals surface area contributed by atoms with Gasteiger partial charge in [0, 0.05) is 29.5 Å². The molecular weight excluding hydrogens is 296 g/mol. The molecule has 1 saturated heterocycles. The van der Waals surface area contributed by atoms with E-state index in [-0.39, 0.29) is 24.1 Å². The molecule has 0 bridgehead atoms. The largest absolute Gasteiger partial charge is 0.396 e. The van der Waals surface area contributed by atoms with Crippen molar-refractivity contribution < 1.29 is 9.90 Å². The van der Waals surface area contributed by atoms with E-state index < -0.39 is 0 Å². The molecule has 1 unspecified atom stereocenters. The highest BCUT2D eigenvalue weighted by Gasteiger charge is 2.30. The fraction of sp³-hybridized carbons (Fsp3) is 0.706. The smallest absolute Gasteiger partial charge is 0.317 e. The lowest BCUT2D eigenvalue weighted by Gasteiger charge is -2.25. The van der Waals surface area contributed by atoms with Crippen LogP contribution in [-0.4, -0.2) is 35.7 Å². The number of nitrogens with zero attached hydrogens (tertiary/aromatic N) is 1. The third kappa shape index (κ3) is 4.46. The first-order chi connectivity index (χ1) is 10.4. The summed E-state index contributed by atoms with van der Waals surface area (Å²) in [5.74, 6) is 0. The maximum absolute atomic E-state index is 12.4. The zero-order valence-corrected chi connectivity index (χ0v) is 14.7. The van der Waals surface area contributed by atoms with Crippen LogP contribution in [0.3, 0.4) is 0 Å². The summed E-state index contributed by atoms with van der Waals surface area (Å²) in [6, 6.07) is 4.58. The second-order valence-electron chi connectivity index (χ2n) is 6.96. The lowest BCUT2D eigenvalue weighted by molar-refractivity contribution is 0.147. The van der Waals surface area contributed by atoms with Gasteiger partial charge in [-0.2, -0.15) is 0 Å². The summed E-state index contributed by atoms with van der Waals surface area (Å²) >= 11 is 1.79. The monoisotopic (exact) mass is 324 g/mol. The molecule has 1 atom stereocenters. The molecule has 2 amide bonds. The molecule has 1 aliphatic rings. The zero-order chi connectivity index (χ0) is 16.2. The quantitative estimate of drug-likeness (QED) is 0.784. The van der Waals surface area contributed by atoms with E-state index in [9.17, 15) is 9.90 Å². The van der Waals surface area contributed by atoms with Crippen molar-refractivity contribution in [1.82, 2.24) is 10.2 Å². The van der Waals surface area contributed by atoms with E-state index in [0.29, 0.717) is 6.54 Å². The minimum absolute atomic E-state index is 0.0513. The normalized spacial score (nSPS) is 18.7. The van der Waals surface area contributed by atoms with Crippen LogP contribution in [0.1, 0.15) is 55.3 Å². The van der Waals surface area contributed by atoms with Gasteiger partial charge in [0.05, 0.1) is 6.04 Å². The molecule has 1 fully saturated rings. The Morgan fingerprint density at radius 3 is 2.91 bits per heavy atom. The Bertz CT molecular complexity index is 499. The zero-order valence-electron chi connectivity index (χ0n) is 13.9. The van der Waals surface area contributed by atoms with E-state index in [4.69, 9.17) is 0 Å². The van der Waals surface area contributed by atoms with Gasteiger partial charge >= 0.3 is 6.03 Å². The highest BCUT2D eigenvalue weighted by atomic mass is 32.1. The van der Waals surface area contributed by atoms with Crippen molar-refractivity contribution >= 4 is 17.4 Å². The second-order valence-corrected chi connectivity index (χ2v) is 8.28. The first kappa shape index (κ1) is 17.3. The maximum atomic E-state index is 12.4. The first-order valence-corrected chi connectivity index (χ1v) is 8.96. The molecule has 0 aromatic carbocycles. The molecule has 22 heavy (non-hydrogen) atoms. The number of aliphatic hydroxyl groups excluding tert-OH is 1. The van der Waals surface area contributed by atoms with Crippen LogP contribution in [0.4, 0.5) is 4.79 Å². The van der Waals surface area contributed by atoms with Crippen molar-refractivity contribution in [3.05, 3.63) is 21.9 Å². The van der Waals surface area contributed by atoms with E-state index in [1.807, 2.05) is 18.7 Å². The number of hydrogen-bond acceptors (Lipinski definition) is 3. The fourth-order valence-electron chi connectivity index (χ4n) is 2.88. The molecule has 0 aliphatic carbocycles. The Balaban J connectivity index is 1.81. The van der Waals surface area contributed by atoms with Crippen LogP contribution in [0.15, 0.2) is 12.1 Å². The summed E-state index contributed by atoms with van der Waals surface area (Å²) in [4.78, 5) is 17.0. The van der Waals surface area contributed by atoms with Crippen molar-refractivity contribution in [3.8, 4) is 0 Å². The number of nitrogens with one attached hydrogen (secondary N) is 1. The van der Waals surface area contributed by atoms with Gasteiger partial charge in [0.1, 0.15) is 0 Å². The van der Waals surface area contributed by atoms with Crippen LogP contribution < -0.4 is 5.32 Å². The second kappa shape index (κ2) is 7.47. The van der Waals surface area contributed by atoms with E-state index in [0.717, 1.165) is 32.2 Å². The predicted molar refractivity (Wildman–Crippen MR) is 91.2 cm³/mol. The van der Waals surface area contributed by atoms with Gasteiger partial charge in [0.15, 0.2) is 0 Å². The van der Waals surface area contributed by atoms with Gasteiger partial charge in [0.2, 0.25) is 0 Å². The van der Waals surface area contributed by atoms with Crippen molar-refractivity contribution in [1.29, 1.82) is 0 Å². The van der Waals surface area contributed by atoms with Crippen LogP contribution >= 0.6 is 11.3 Å². The average molecular weight is 324 g/mol. The predicted octanol–water partition coefficient (Wildman–Crippen LogP) is 3.70. The number of amides is 2. The lowest BCUT2D eigenvalue weighted by atomic mass is 9.89. The van der Waals surface area contributed by atoms with Crippen LogP contribution in [0, 0.1) is 12.3 Å². The van der Waals surface area contributed by atoms with Gasteiger partial charge in [-0.15, -0.1) is 11.3 Å². The summed E-state index contributed by atoms with van der Waals surface area (Å²) in [6.07, 6.45) is 3.95. The Labute approximate surface area is 137 Å². The number of aryl methyl sites for hydroxylation is 1. The number of carbonyl (C=O) groups excluding carboxylic acids is 1. The minimum atomic E-state index is -0.0601. The number of urea groups is 1. The molecule has 0 radical (unpaired) electrons. The van der Waals surface area contributed by atoms with E-state index >= 15 is 0 Å². The number of hydrogen-bond donors (Lipinski definition) is 2. The fourth-order valence-corrected chi connectivity index (χ4v) is 3.91. The average Bonchev–Trinajstić information content (AvgIpc) is 3.11. The standard InChI is InChI=1S/C17H28N2O2S/c1-13-7-8-15(22-13)14-6-4-11-19(14)16(21)18-10-5-9-17(2,3)12-20/h7-8,14,20H,4-6,9-12H2,1-3H3,(H,18,21). The number of aliphatic hydroxyl groups is 1. The molecule has 4 nitrogen and oxygen atoms in total. The number of rotatable bonds is 6. The summed E-state index contributed by atoms with van der Waals surface area (Å²) in [5, 5.41) is 12.3. The number of likely N-dealkylation sites (tertiary alicyclic amines) is 1. The Morgan fingerprint density at radius 1 is 1.50 bits per heavy atom. The van der Waals surface area contributed by atoms with Crippen molar-refractivity contribution in [2.75, 3.05) is 19.7 Å². The van der Waals surface area contributed by atoms with Crippen LogP contribution in [-0.2, 0) is 0 Å².